The number of carbonyl (C=O) groups is 2. The first-order valence-electron chi connectivity index (χ1n) is 9.71. The number of rotatable bonds is 5. The van der Waals surface area contributed by atoms with Gasteiger partial charge >= 0.3 is 0 Å². The van der Waals surface area contributed by atoms with Crippen LogP contribution < -0.4 is 10.6 Å². The van der Waals surface area contributed by atoms with Crippen LogP contribution in [0.3, 0.4) is 0 Å². The summed E-state index contributed by atoms with van der Waals surface area (Å²) in [5.41, 5.74) is 0.807. The van der Waals surface area contributed by atoms with Gasteiger partial charge in [0.15, 0.2) is 0 Å². The molecule has 0 spiro atoms. The van der Waals surface area contributed by atoms with Crippen molar-refractivity contribution in [3.05, 3.63) is 24.5 Å². The Hall–Kier alpha value is -1.91. The highest BCUT2D eigenvalue weighted by Gasteiger charge is 2.27. The molecule has 2 amide bonds. The molecule has 2 aliphatic rings. The van der Waals surface area contributed by atoms with Gasteiger partial charge in [-0.15, -0.1) is 0 Å². The largest absolute Gasteiger partial charge is 0.356 e. The zero-order chi connectivity index (χ0) is 17.5. The van der Waals surface area contributed by atoms with Gasteiger partial charge in [-0.2, -0.15) is 0 Å². The molecule has 25 heavy (non-hydrogen) atoms. The third-order valence-electron chi connectivity index (χ3n) is 5.71. The zero-order valence-electron chi connectivity index (χ0n) is 14.9. The molecule has 1 heterocycles. The molecule has 0 radical (unpaired) electrons. The molecule has 5 nitrogen and oxygen atoms in total. The van der Waals surface area contributed by atoms with E-state index in [-0.39, 0.29) is 23.7 Å². The van der Waals surface area contributed by atoms with Gasteiger partial charge in [0.1, 0.15) is 0 Å². The number of carbonyl (C=O) groups excluding carboxylic acids is 2. The highest BCUT2D eigenvalue weighted by molar-refractivity contribution is 5.92. The van der Waals surface area contributed by atoms with E-state index in [0.717, 1.165) is 50.8 Å². The second kappa shape index (κ2) is 8.97. The Balaban J connectivity index is 1.36. The number of aromatic nitrogens is 1. The molecule has 0 saturated heterocycles. The van der Waals surface area contributed by atoms with E-state index in [1.165, 1.54) is 19.3 Å². The van der Waals surface area contributed by atoms with Crippen molar-refractivity contribution in [1.29, 1.82) is 0 Å². The van der Waals surface area contributed by atoms with Crippen molar-refractivity contribution in [2.24, 2.45) is 17.8 Å². The van der Waals surface area contributed by atoms with E-state index in [4.69, 9.17) is 0 Å². The van der Waals surface area contributed by atoms with Gasteiger partial charge in [-0.05, 0) is 56.6 Å². The molecule has 0 aromatic carbocycles. The second-order valence-corrected chi connectivity index (χ2v) is 7.52. The highest BCUT2D eigenvalue weighted by Crippen LogP contribution is 2.30. The Bertz CT molecular complexity index is 562. The number of nitrogens with one attached hydrogen (secondary N) is 2. The normalized spacial score (nSPS) is 24.5. The van der Waals surface area contributed by atoms with Gasteiger partial charge in [-0.3, -0.25) is 14.6 Å². The quantitative estimate of drug-likeness (QED) is 0.859. The summed E-state index contributed by atoms with van der Waals surface area (Å²) in [5.74, 6) is 1.18. The average molecular weight is 343 g/mol. The molecule has 1 aromatic rings. The van der Waals surface area contributed by atoms with Gasteiger partial charge in [0, 0.05) is 36.5 Å². The first-order chi connectivity index (χ1) is 12.2. The van der Waals surface area contributed by atoms with Crippen LogP contribution in [0, 0.1) is 17.8 Å². The highest BCUT2D eigenvalue weighted by atomic mass is 16.2. The minimum absolute atomic E-state index is 0.0819. The van der Waals surface area contributed by atoms with Gasteiger partial charge < -0.3 is 10.6 Å². The van der Waals surface area contributed by atoms with E-state index in [2.05, 4.69) is 15.6 Å². The Morgan fingerprint density at radius 3 is 2.20 bits per heavy atom. The summed E-state index contributed by atoms with van der Waals surface area (Å²) < 4.78 is 0. The monoisotopic (exact) mass is 343 g/mol. The van der Waals surface area contributed by atoms with Crippen molar-refractivity contribution in [1.82, 2.24) is 10.3 Å². The molecule has 2 saturated carbocycles. The number of hydrogen-bond donors (Lipinski definition) is 2. The number of pyridine rings is 1. The lowest BCUT2D eigenvalue weighted by atomic mass is 9.81. The van der Waals surface area contributed by atoms with E-state index in [1.807, 2.05) is 12.1 Å². The Morgan fingerprint density at radius 1 is 0.880 bits per heavy atom. The van der Waals surface area contributed by atoms with Gasteiger partial charge in [0.25, 0.3) is 0 Å². The van der Waals surface area contributed by atoms with Crippen LogP contribution in [0.1, 0.15) is 57.8 Å². The van der Waals surface area contributed by atoms with Crippen LogP contribution in [0.4, 0.5) is 5.69 Å². The number of hydrogen-bond acceptors (Lipinski definition) is 3. The lowest BCUT2D eigenvalue weighted by Crippen LogP contribution is -2.37. The average Bonchev–Trinajstić information content (AvgIpc) is 2.68. The Labute approximate surface area is 150 Å². The number of anilines is 1. The van der Waals surface area contributed by atoms with Crippen molar-refractivity contribution in [3.8, 4) is 0 Å². The van der Waals surface area contributed by atoms with E-state index in [1.54, 1.807) is 12.4 Å². The molecule has 2 aliphatic carbocycles. The maximum atomic E-state index is 12.3. The zero-order valence-corrected chi connectivity index (χ0v) is 14.9. The summed E-state index contributed by atoms with van der Waals surface area (Å²) in [4.78, 5) is 28.5. The smallest absolute Gasteiger partial charge is 0.227 e. The Kier molecular flexibility index (Phi) is 6.42. The lowest BCUT2D eigenvalue weighted by molar-refractivity contribution is -0.126. The molecule has 0 atom stereocenters. The van der Waals surface area contributed by atoms with E-state index >= 15 is 0 Å². The van der Waals surface area contributed by atoms with Crippen molar-refractivity contribution < 1.29 is 9.59 Å². The first kappa shape index (κ1) is 17.9. The number of amides is 2. The minimum Gasteiger partial charge on any atom is -0.356 e. The van der Waals surface area contributed by atoms with E-state index in [9.17, 15) is 9.59 Å². The summed E-state index contributed by atoms with van der Waals surface area (Å²) >= 11 is 0. The van der Waals surface area contributed by atoms with Crippen molar-refractivity contribution in [3.63, 3.8) is 0 Å². The minimum atomic E-state index is 0.0819. The van der Waals surface area contributed by atoms with E-state index in [0.29, 0.717) is 5.92 Å². The van der Waals surface area contributed by atoms with Crippen molar-refractivity contribution in [2.75, 3.05) is 11.9 Å². The van der Waals surface area contributed by atoms with Crippen LogP contribution >= 0.6 is 0 Å². The second-order valence-electron chi connectivity index (χ2n) is 7.52. The fourth-order valence-electron chi connectivity index (χ4n) is 4.06. The van der Waals surface area contributed by atoms with Crippen LogP contribution in [-0.2, 0) is 9.59 Å². The molecule has 3 rings (SSSR count). The van der Waals surface area contributed by atoms with Crippen LogP contribution in [0.5, 0.6) is 0 Å². The third kappa shape index (κ3) is 5.28. The lowest BCUT2D eigenvalue weighted by Gasteiger charge is -2.29. The van der Waals surface area contributed by atoms with Gasteiger partial charge in [-0.25, -0.2) is 0 Å². The fourth-order valence-corrected chi connectivity index (χ4v) is 4.06. The van der Waals surface area contributed by atoms with Crippen LogP contribution in [0.25, 0.3) is 0 Å². The molecule has 136 valence electrons. The predicted molar refractivity (Wildman–Crippen MR) is 97.9 cm³/mol. The maximum absolute atomic E-state index is 12.3. The topological polar surface area (TPSA) is 71.1 Å². The first-order valence-corrected chi connectivity index (χ1v) is 9.71. The molecule has 0 unspecified atom stereocenters. The van der Waals surface area contributed by atoms with Gasteiger partial charge in [0.2, 0.25) is 11.8 Å². The molecule has 2 N–H and O–H groups in total. The van der Waals surface area contributed by atoms with Crippen LogP contribution in [-0.4, -0.2) is 23.3 Å². The van der Waals surface area contributed by atoms with E-state index < -0.39 is 0 Å². The summed E-state index contributed by atoms with van der Waals surface area (Å²) in [6, 6.07) is 3.62. The third-order valence-corrected chi connectivity index (χ3v) is 5.71. The molecule has 0 bridgehead atoms. The predicted octanol–water partition coefficient (Wildman–Crippen LogP) is 3.52. The van der Waals surface area contributed by atoms with Crippen molar-refractivity contribution >= 4 is 17.5 Å². The molecule has 5 heteroatoms. The van der Waals surface area contributed by atoms with Crippen LogP contribution in [0.2, 0.25) is 0 Å². The maximum Gasteiger partial charge on any atom is 0.227 e. The van der Waals surface area contributed by atoms with Gasteiger partial charge in [0.05, 0.1) is 0 Å². The molecule has 1 aromatic heterocycles. The fraction of sp³-hybridized carbons (Fsp3) is 0.650. The Morgan fingerprint density at radius 2 is 1.52 bits per heavy atom. The standard InChI is InChI=1S/C20H29N3O2/c24-19(16-4-2-1-3-5-16)22-14-15-6-8-17(9-7-15)20(25)23-18-10-12-21-13-11-18/h10-13,15-17H,1-9,14H2,(H,22,24)(H,21,23,25)/t15-,17-. The molecule has 2 fully saturated rings. The number of nitrogens with zero attached hydrogens (tertiary/aromatic N) is 1. The molecular formula is C20H29N3O2. The molecular weight excluding hydrogens is 314 g/mol. The SMILES string of the molecule is O=C(NC[C@H]1CC[C@H](C(=O)Nc2ccncc2)CC1)C1CCCCC1. The summed E-state index contributed by atoms with van der Waals surface area (Å²) in [6.45, 7) is 0.772. The van der Waals surface area contributed by atoms with Gasteiger partial charge in [-0.1, -0.05) is 19.3 Å². The molecule has 0 aliphatic heterocycles. The van der Waals surface area contributed by atoms with Crippen molar-refractivity contribution in [2.45, 2.75) is 57.8 Å². The summed E-state index contributed by atoms with van der Waals surface area (Å²) in [7, 11) is 0. The van der Waals surface area contributed by atoms with Crippen LogP contribution in [0.15, 0.2) is 24.5 Å². The summed E-state index contributed by atoms with van der Waals surface area (Å²) in [6.07, 6.45) is 13.0. The summed E-state index contributed by atoms with van der Waals surface area (Å²) in [5, 5.41) is 6.13.